The maximum atomic E-state index is 13.1. The number of hydrogen-bond donors (Lipinski definition) is 3. The summed E-state index contributed by atoms with van der Waals surface area (Å²) in [6, 6.07) is 0. The molecule has 3 unspecified atom stereocenters. The third-order valence-electron chi connectivity index (χ3n) is 20.2. The van der Waals surface area contributed by atoms with E-state index in [9.17, 15) is 43.2 Å². The lowest BCUT2D eigenvalue weighted by Gasteiger charge is -2.21. The van der Waals surface area contributed by atoms with E-state index in [1.165, 1.54) is 257 Å². The summed E-state index contributed by atoms with van der Waals surface area (Å²) >= 11 is 0. The molecule has 0 spiro atoms. The molecule has 0 aliphatic rings. The lowest BCUT2D eigenvalue weighted by Crippen LogP contribution is -2.30. The normalized spacial score (nSPS) is 14.2. The summed E-state index contributed by atoms with van der Waals surface area (Å²) in [4.78, 5) is 73.2. The Balaban J connectivity index is 5.27. The van der Waals surface area contributed by atoms with E-state index in [1.807, 2.05) is 0 Å². The lowest BCUT2D eigenvalue weighted by molar-refractivity contribution is -0.161. The predicted octanol–water partition coefficient (Wildman–Crippen LogP) is 25.7. The van der Waals surface area contributed by atoms with Gasteiger partial charge in [-0.25, -0.2) is 9.13 Å². The van der Waals surface area contributed by atoms with Crippen LogP contribution in [0.5, 0.6) is 0 Å². The van der Waals surface area contributed by atoms with Gasteiger partial charge >= 0.3 is 39.5 Å². The first kappa shape index (κ1) is 102. The maximum Gasteiger partial charge on any atom is 0.472 e. The quantitative estimate of drug-likeness (QED) is 0.0222. The Morgan fingerprint density at radius 3 is 0.731 bits per heavy atom. The SMILES string of the molecule is CCCCCCCCCCCCCCCCCCCC(=O)O[C@H](COC(=O)CCCCCCCCCCC(C)CC)COP(=O)(O)OC[C@H](O)COP(=O)(O)OC[C@@H](COC(=O)CCCCCCCCCCCCCCCCC(C)C)OC(=O)CCCCCCCCCCCCCCCCCC(C)C. The van der Waals surface area contributed by atoms with Gasteiger partial charge in [0.25, 0.3) is 0 Å². The summed E-state index contributed by atoms with van der Waals surface area (Å²) in [6.07, 6.45) is 65.1. The number of rotatable bonds is 83. The van der Waals surface area contributed by atoms with Crippen LogP contribution in [0.1, 0.15) is 447 Å². The van der Waals surface area contributed by atoms with Gasteiger partial charge in [-0.05, 0) is 43.4 Å². The molecule has 17 nitrogen and oxygen atoms in total. The van der Waals surface area contributed by atoms with Crippen molar-refractivity contribution < 1.29 is 80.2 Å². The van der Waals surface area contributed by atoms with Gasteiger partial charge in [0.1, 0.15) is 19.3 Å². The molecular weight excluding hydrogens is 1350 g/mol. The van der Waals surface area contributed by atoms with E-state index in [1.54, 1.807) is 0 Å². The van der Waals surface area contributed by atoms with Crippen LogP contribution in [0.4, 0.5) is 0 Å². The van der Waals surface area contributed by atoms with Crippen LogP contribution >= 0.6 is 15.6 Å². The van der Waals surface area contributed by atoms with Crippen LogP contribution in [-0.4, -0.2) is 96.7 Å². The molecule has 6 atom stereocenters. The maximum absolute atomic E-state index is 13.1. The predicted molar refractivity (Wildman–Crippen MR) is 428 cm³/mol. The number of phosphoric ester groups is 2. The van der Waals surface area contributed by atoms with Gasteiger partial charge in [0.2, 0.25) is 0 Å². The third kappa shape index (κ3) is 76.8. The van der Waals surface area contributed by atoms with Crippen molar-refractivity contribution in [2.45, 2.75) is 465 Å². The minimum Gasteiger partial charge on any atom is -0.462 e. The van der Waals surface area contributed by atoms with Gasteiger partial charge in [-0.1, -0.05) is 395 Å². The summed E-state index contributed by atoms with van der Waals surface area (Å²) in [7, 11) is -9.93. The van der Waals surface area contributed by atoms with Gasteiger partial charge in [0, 0.05) is 25.7 Å². The monoisotopic (exact) mass is 1520 g/mol. The van der Waals surface area contributed by atoms with Gasteiger partial charge in [0.15, 0.2) is 12.2 Å². The van der Waals surface area contributed by atoms with Crippen LogP contribution in [-0.2, 0) is 65.4 Å². The highest BCUT2D eigenvalue weighted by atomic mass is 31.2. The van der Waals surface area contributed by atoms with Crippen LogP contribution in [0.3, 0.4) is 0 Å². The Morgan fingerprint density at radius 1 is 0.279 bits per heavy atom. The van der Waals surface area contributed by atoms with Gasteiger partial charge in [-0.15, -0.1) is 0 Å². The number of carbonyl (C=O) groups is 4. The van der Waals surface area contributed by atoms with E-state index in [0.29, 0.717) is 25.7 Å². The molecule has 0 saturated carbocycles. The van der Waals surface area contributed by atoms with Crippen molar-refractivity contribution in [3.05, 3.63) is 0 Å². The first-order chi connectivity index (χ1) is 50.3. The highest BCUT2D eigenvalue weighted by Gasteiger charge is 2.30. The van der Waals surface area contributed by atoms with E-state index in [2.05, 4.69) is 48.5 Å². The van der Waals surface area contributed by atoms with Gasteiger partial charge in [-0.2, -0.15) is 0 Å². The average molecular weight is 1520 g/mol. The first-order valence-corrected chi connectivity index (χ1v) is 46.9. The van der Waals surface area contributed by atoms with Crippen LogP contribution in [0, 0.1) is 17.8 Å². The van der Waals surface area contributed by atoms with Crippen molar-refractivity contribution in [2.75, 3.05) is 39.6 Å². The number of phosphoric acid groups is 2. The Morgan fingerprint density at radius 2 is 0.490 bits per heavy atom. The number of carbonyl (C=O) groups excluding carboxylic acids is 4. The molecule has 3 N–H and O–H groups in total. The van der Waals surface area contributed by atoms with Crippen molar-refractivity contribution in [3.63, 3.8) is 0 Å². The van der Waals surface area contributed by atoms with Crippen molar-refractivity contribution in [1.82, 2.24) is 0 Å². The second kappa shape index (κ2) is 75.1. The molecule has 0 amide bonds. The molecule has 0 aromatic rings. The van der Waals surface area contributed by atoms with Crippen LogP contribution in [0.15, 0.2) is 0 Å². The molecule has 618 valence electrons. The highest BCUT2D eigenvalue weighted by Crippen LogP contribution is 2.45. The number of esters is 4. The lowest BCUT2D eigenvalue weighted by atomic mass is 9.99. The Hall–Kier alpha value is -1.94. The molecule has 0 radical (unpaired) electrons. The van der Waals surface area contributed by atoms with E-state index in [4.69, 9.17) is 37.0 Å². The number of aliphatic hydroxyl groups excluding tert-OH is 1. The summed E-state index contributed by atoms with van der Waals surface area (Å²) in [5.74, 6) is 0.275. The molecule has 104 heavy (non-hydrogen) atoms. The molecule has 0 aliphatic heterocycles. The smallest absolute Gasteiger partial charge is 0.462 e. The molecule has 0 aliphatic carbocycles. The number of aliphatic hydroxyl groups is 1. The average Bonchev–Trinajstić information content (AvgIpc) is 0.908. The molecular formula is C85H166O17P2. The Bertz CT molecular complexity index is 2010. The minimum atomic E-state index is -4.97. The molecule has 0 rings (SSSR count). The second-order valence-corrected chi connectivity index (χ2v) is 34.7. The fourth-order valence-electron chi connectivity index (χ4n) is 13.2. The topological polar surface area (TPSA) is 237 Å². The van der Waals surface area contributed by atoms with Crippen LogP contribution in [0.2, 0.25) is 0 Å². The summed E-state index contributed by atoms with van der Waals surface area (Å²) in [5, 5.41) is 10.7. The molecule has 0 aromatic heterocycles. The minimum absolute atomic E-state index is 0.108. The molecule has 0 heterocycles. The summed E-state index contributed by atoms with van der Waals surface area (Å²) in [6.45, 7) is 12.0. The van der Waals surface area contributed by atoms with E-state index in [0.717, 1.165) is 108 Å². The molecule has 0 fully saturated rings. The van der Waals surface area contributed by atoms with Crippen LogP contribution in [0.25, 0.3) is 0 Å². The number of hydrogen-bond acceptors (Lipinski definition) is 15. The highest BCUT2D eigenvalue weighted by molar-refractivity contribution is 7.47. The zero-order chi connectivity index (χ0) is 76.5. The van der Waals surface area contributed by atoms with Crippen molar-refractivity contribution in [1.29, 1.82) is 0 Å². The Labute approximate surface area is 638 Å². The molecule has 0 aromatic carbocycles. The van der Waals surface area contributed by atoms with Crippen molar-refractivity contribution >= 4 is 39.5 Å². The standard InChI is InChI=1S/C85H166O17P2/c1-8-10-11-12-13-14-15-16-17-18-21-28-33-38-47-54-61-68-85(90)102-81(73-96-83(88)67-60-53-46-41-40-44-51-58-65-78(7)9-2)75-100-104(93,94)98-71-79(86)70-97-103(91,92)99-74-80(72-95-82(87)66-59-52-45-37-32-27-24-23-26-31-36-43-50-57-64-77(5)6)101-84(89)69-62-55-48-39-34-29-22-19-20-25-30-35-42-49-56-63-76(3)4/h76-81,86H,8-75H2,1-7H3,(H,91,92)(H,93,94)/t78?,79-,80-,81-/m1/s1. The largest absolute Gasteiger partial charge is 0.472 e. The van der Waals surface area contributed by atoms with Gasteiger partial charge < -0.3 is 33.8 Å². The van der Waals surface area contributed by atoms with E-state index in [-0.39, 0.29) is 25.7 Å². The first-order valence-electron chi connectivity index (χ1n) is 43.9. The van der Waals surface area contributed by atoms with E-state index >= 15 is 0 Å². The zero-order valence-corrected chi connectivity index (χ0v) is 70.3. The fraction of sp³-hybridized carbons (Fsp3) is 0.953. The molecule has 0 bridgehead atoms. The van der Waals surface area contributed by atoms with Crippen molar-refractivity contribution in [3.8, 4) is 0 Å². The summed E-state index contributed by atoms with van der Waals surface area (Å²) in [5.41, 5.74) is 0. The number of unbranched alkanes of at least 4 members (excludes halogenated alkanes) is 50. The van der Waals surface area contributed by atoms with Gasteiger partial charge in [-0.3, -0.25) is 37.3 Å². The van der Waals surface area contributed by atoms with Gasteiger partial charge in [0.05, 0.1) is 26.4 Å². The molecule has 0 saturated heterocycles. The number of ether oxygens (including phenoxy) is 4. The zero-order valence-electron chi connectivity index (χ0n) is 68.5. The Kier molecular flexibility index (Phi) is 73.7. The second-order valence-electron chi connectivity index (χ2n) is 31.8. The third-order valence-corrected chi connectivity index (χ3v) is 22.1. The van der Waals surface area contributed by atoms with Crippen LogP contribution < -0.4 is 0 Å². The van der Waals surface area contributed by atoms with E-state index < -0.39 is 97.5 Å². The fourth-order valence-corrected chi connectivity index (χ4v) is 14.7. The molecule has 19 heteroatoms. The summed E-state index contributed by atoms with van der Waals surface area (Å²) < 4.78 is 68.9. The van der Waals surface area contributed by atoms with Crippen molar-refractivity contribution in [2.24, 2.45) is 17.8 Å².